The molecule has 1 saturated carbocycles. The summed E-state index contributed by atoms with van der Waals surface area (Å²) in [7, 11) is 1.95. The van der Waals surface area contributed by atoms with Gasteiger partial charge in [0.05, 0.1) is 42.6 Å². The molecule has 1 aliphatic heterocycles. The Bertz CT molecular complexity index is 1240. The van der Waals surface area contributed by atoms with Crippen LogP contribution >= 0.6 is 0 Å². The van der Waals surface area contributed by atoms with E-state index in [0.29, 0.717) is 25.6 Å². The van der Waals surface area contributed by atoms with E-state index in [9.17, 15) is 13.6 Å². The number of nitrogens with zero attached hydrogens (tertiary/aromatic N) is 8. The van der Waals surface area contributed by atoms with Gasteiger partial charge < -0.3 is 14.8 Å². The molecule has 33 heavy (non-hydrogen) atoms. The second-order valence-electron chi connectivity index (χ2n) is 9.13. The molecule has 3 aromatic heterocycles. The van der Waals surface area contributed by atoms with Gasteiger partial charge in [-0.3, -0.25) is 4.79 Å². The third-order valence-electron chi connectivity index (χ3n) is 7.05. The summed E-state index contributed by atoms with van der Waals surface area (Å²) < 4.78 is 30.4. The van der Waals surface area contributed by atoms with E-state index in [1.165, 1.54) is 0 Å². The van der Waals surface area contributed by atoms with Crippen molar-refractivity contribution in [3.63, 3.8) is 0 Å². The minimum Gasteiger partial charge on any atom is -0.342 e. The van der Waals surface area contributed by atoms with Gasteiger partial charge in [0.25, 0.3) is 11.8 Å². The second kappa shape index (κ2) is 7.03. The van der Waals surface area contributed by atoms with Crippen LogP contribution < -0.4 is 10.2 Å². The van der Waals surface area contributed by atoms with Crippen LogP contribution in [0.2, 0.25) is 0 Å². The number of hydrogen-bond donors (Lipinski definition) is 1. The standard InChI is InChI=1S/C21H23F2N9O/c1-11-12(5-24-20(26-11)31-7-13-14(8-31)21(13,22)23)6-32-9-16(28-29-32)19(33)27-15-3-4-17-18(15)25-10-30(17)2/h5,9-10,13-15H,3-4,6-8H2,1-2H3,(H,27,33)/t13?,14?,15-/m1/s1. The van der Waals surface area contributed by atoms with Crippen molar-refractivity contribution in [1.29, 1.82) is 0 Å². The van der Waals surface area contributed by atoms with Crippen LogP contribution in [0, 0.1) is 18.8 Å². The van der Waals surface area contributed by atoms with Gasteiger partial charge in [0.1, 0.15) is 0 Å². The van der Waals surface area contributed by atoms with Crippen molar-refractivity contribution in [3.05, 3.63) is 47.1 Å². The number of carbonyl (C=O) groups excluding carboxylic acids is 1. The highest BCUT2D eigenvalue weighted by Crippen LogP contribution is 2.59. The third-order valence-corrected chi connectivity index (χ3v) is 7.05. The lowest BCUT2D eigenvalue weighted by atomic mass is 10.2. The molecule has 0 bridgehead atoms. The highest BCUT2D eigenvalue weighted by molar-refractivity contribution is 5.92. The minimum absolute atomic E-state index is 0.126. The summed E-state index contributed by atoms with van der Waals surface area (Å²) in [4.78, 5) is 27.8. The normalized spacial score (nSPS) is 24.6. The molecule has 0 spiro atoms. The molecule has 172 valence electrons. The van der Waals surface area contributed by atoms with Crippen molar-refractivity contribution < 1.29 is 13.6 Å². The van der Waals surface area contributed by atoms with Crippen LogP contribution in [0.3, 0.4) is 0 Å². The fourth-order valence-electron chi connectivity index (χ4n) is 4.97. The van der Waals surface area contributed by atoms with E-state index >= 15 is 0 Å². The Balaban J connectivity index is 1.10. The first-order chi connectivity index (χ1) is 15.8. The van der Waals surface area contributed by atoms with E-state index in [4.69, 9.17) is 0 Å². The van der Waals surface area contributed by atoms with Crippen LogP contribution in [0.5, 0.6) is 0 Å². The fraction of sp³-hybridized carbons (Fsp3) is 0.524. The smallest absolute Gasteiger partial charge is 0.274 e. The number of alkyl halides is 2. The maximum absolute atomic E-state index is 13.4. The van der Waals surface area contributed by atoms with Crippen molar-refractivity contribution in [2.24, 2.45) is 18.9 Å². The molecule has 2 fully saturated rings. The topological polar surface area (TPSA) is 107 Å². The number of halogens is 2. The first-order valence-corrected chi connectivity index (χ1v) is 11.0. The molecule has 10 nitrogen and oxygen atoms in total. The van der Waals surface area contributed by atoms with Gasteiger partial charge in [0.2, 0.25) is 5.95 Å². The van der Waals surface area contributed by atoms with Gasteiger partial charge >= 0.3 is 0 Å². The summed E-state index contributed by atoms with van der Waals surface area (Å²) >= 11 is 0. The summed E-state index contributed by atoms with van der Waals surface area (Å²) in [5, 5.41) is 11.1. The van der Waals surface area contributed by atoms with Gasteiger partial charge in [0, 0.05) is 43.3 Å². The van der Waals surface area contributed by atoms with Crippen LogP contribution in [0.25, 0.3) is 0 Å². The molecule has 3 aromatic rings. The average molecular weight is 455 g/mol. The Hall–Kier alpha value is -3.44. The number of hydrogen-bond acceptors (Lipinski definition) is 7. The zero-order valence-corrected chi connectivity index (χ0v) is 18.2. The summed E-state index contributed by atoms with van der Waals surface area (Å²) in [5.41, 5.74) is 3.83. The monoisotopic (exact) mass is 455 g/mol. The summed E-state index contributed by atoms with van der Waals surface area (Å²) in [6.45, 7) is 2.78. The molecule has 1 amide bonds. The van der Waals surface area contributed by atoms with Gasteiger partial charge in [-0.05, 0) is 19.8 Å². The minimum atomic E-state index is -2.53. The molecule has 2 unspecified atom stereocenters. The number of carbonyl (C=O) groups is 1. The molecule has 2 aliphatic carbocycles. The van der Waals surface area contributed by atoms with Crippen molar-refractivity contribution in [2.75, 3.05) is 18.0 Å². The maximum Gasteiger partial charge on any atom is 0.274 e. The molecule has 3 aliphatic rings. The largest absolute Gasteiger partial charge is 0.342 e. The highest BCUT2D eigenvalue weighted by atomic mass is 19.3. The van der Waals surface area contributed by atoms with Gasteiger partial charge in [-0.2, -0.15) is 0 Å². The van der Waals surface area contributed by atoms with Gasteiger partial charge in [-0.15, -0.1) is 5.10 Å². The van der Waals surface area contributed by atoms with Crippen LogP contribution in [0.1, 0.15) is 45.6 Å². The van der Waals surface area contributed by atoms with Crippen molar-refractivity contribution in [3.8, 4) is 0 Å². The molecular formula is C21H23F2N9O. The van der Waals surface area contributed by atoms with Crippen LogP contribution in [-0.2, 0) is 20.0 Å². The van der Waals surface area contributed by atoms with Gasteiger partial charge in [-0.1, -0.05) is 5.21 Å². The molecule has 0 aromatic carbocycles. The third kappa shape index (κ3) is 3.26. The lowest BCUT2D eigenvalue weighted by Crippen LogP contribution is -2.29. The number of nitrogens with one attached hydrogen (secondary N) is 1. The Labute approximate surface area is 188 Å². The summed E-state index contributed by atoms with van der Waals surface area (Å²) in [6, 6.07) is -0.126. The maximum atomic E-state index is 13.4. The molecule has 3 atom stereocenters. The van der Waals surface area contributed by atoms with Crippen molar-refractivity contribution in [1.82, 2.24) is 39.8 Å². The SMILES string of the molecule is Cc1nc(N2CC3C(C2)C3(F)F)ncc1Cn1cc(C(=O)N[C@@H]2CCc3c2ncn3C)nn1. The van der Waals surface area contributed by atoms with E-state index < -0.39 is 17.8 Å². The molecule has 0 radical (unpaired) electrons. The number of aryl methyl sites for hydroxylation is 2. The Morgan fingerprint density at radius 1 is 1.27 bits per heavy atom. The number of rotatable bonds is 5. The first-order valence-electron chi connectivity index (χ1n) is 11.0. The number of amides is 1. The molecular weight excluding hydrogens is 432 g/mol. The van der Waals surface area contributed by atoms with Crippen molar-refractivity contribution >= 4 is 11.9 Å². The van der Waals surface area contributed by atoms with E-state index in [-0.39, 0.29) is 17.6 Å². The molecule has 4 heterocycles. The van der Waals surface area contributed by atoms with E-state index in [0.717, 1.165) is 35.5 Å². The van der Waals surface area contributed by atoms with E-state index in [1.54, 1.807) is 23.4 Å². The number of fused-ring (bicyclic) bond motifs is 2. The Morgan fingerprint density at radius 2 is 2.06 bits per heavy atom. The summed E-state index contributed by atoms with van der Waals surface area (Å²) in [6.07, 6.45) is 6.72. The molecule has 12 heteroatoms. The first kappa shape index (κ1) is 20.2. The lowest BCUT2D eigenvalue weighted by molar-refractivity contribution is 0.0795. The predicted octanol–water partition coefficient (Wildman–Crippen LogP) is 1.28. The van der Waals surface area contributed by atoms with Crippen LogP contribution in [-0.4, -0.2) is 59.4 Å². The van der Waals surface area contributed by atoms with Crippen LogP contribution in [0.4, 0.5) is 14.7 Å². The Morgan fingerprint density at radius 3 is 2.82 bits per heavy atom. The number of anilines is 1. The van der Waals surface area contributed by atoms with Gasteiger partial charge in [0.15, 0.2) is 5.69 Å². The summed E-state index contributed by atoms with van der Waals surface area (Å²) in [5.74, 6) is -3.50. The fourth-order valence-corrected chi connectivity index (χ4v) is 4.97. The zero-order chi connectivity index (χ0) is 22.9. The molecule has 1 N–H and O–H groups in total. The molecule has 6 rings (SSSR count). The van der Waals surface area contributed by atoms with E-state index in [1.807, 2.05) is 23.4 Å². The number of piperidine rings is 1. The highest BCUT2D eigenvalue weighted by Gasteiger charge is 2.72. The second-order valence-corrected chi connectivity index (χ2v) is 9.13. The Kier molecular flexibility index (Phi) is 4.30. The average Bonchev–Trinajstić information content (AvgIpc) is 3.41. The van der Waals surface area contributed by atoms with Crippen molar-refractivity contribution in [2.45, 2.75) is 38.3 Å². The quantitative estimate of drug-likeness (QED) is 0.618. The van der Waals surface area contributed by atoms with Crippen LogP contribution in [0.15, 0.2) is 18.7 Å². The number of aromatic nitrogens is 7. The zero-order valence-electron chi connectivity index (χ0n) is 18.2. The lowest BCUT2D eigenvalue weighted by Gasteiger charge is -2.20. The predicted molar refractivity (Wildman–Crippen MR) is 112 cm³/mol. The number of imidazole rings is 1. The van der Waals surface area contributed by atoms with E-state index in [2.05, 4.69) is 30.6 Å². The van der Waals surface area contributed by atoms with Gasteiger partial charge in [-0.25, -0.2) is 28.4 Å². The molecule has 1 saturated heterocycles.